The standard InChI is InChI=1S/C14H16N2O7/c1-22-13(18)12-6-11(17)7-15(12)14(19)23-8-9-2-4-10(5-3-9)16(20)21/h2-5,11-12,17H,6-8H2,1H3/t11?,12-/m0/s1. The van der Waals surface area contributed by atoms with Crippen LogP contribution in [0, 0.1) is 10.1 Å². The van der Waals surface area contributed by atoms with Crippen molar-refractivity contribution in [3.63, 3.8) is 0 Å². The molecule has 1 aromatic rings. The SMILES string of the molecule is COC(=O)[C@@H]1CC(O)CN1C(=O)OCc1ccc([N+](=O)[O-])cc1. The predicted molar refractivity (Wildman–Crippen MR) is 76.4 cm³/mol. The van der Waals surface area contributed by atoms with E-state index in [1.807, 2.05) is 0 Å². The molecule has 0 spiro atoms. The van der Waals surface area contributed by atoms with Gasteiger partial charge in [-0.2, -0.15) is 0 Å². The van der Waals surface area contributed by atoms with Gasteiger partial charge in [0.25, 0.3) is 5.69 Å². The summed E-state index contributed by atoms with van der Waals surface area (Å²) in [4.78, 5) is 34.8. The molecular weight excluding hydrogens is 308 g/mol. The molecule has 0 saturated carbocycles. The van der Waals surface area contributed by atoms with Crippen LogP contribution in [0.1, 0.15) is 12.0 Å². The number of non-ortho nitro benzene ring substituents is 1. The maximum absolute atomic E-state index is 12.0. The molecule has 1 fully saturated rings. The average Bonchev–Trinajstić information content (AvgIpc) is 2.94. The zero-order valence-electron chi connectivity index (χ0n) is 12.4. The Balaban J connectivity index is 1.95. The number of rotatable bonds is 4. The lowest BCUT2D eigenvalue weighted by Gasteiger charge is -2.21. The van der Waals surface area contributed by atoms with Crippen LogP contribution in [0.3, 0.4) is 0 Å². The number of likely N-dealkylation sites (tertiary alicyclic amines) is 1. The molecule has 0 aromatic heterocycles. The molecule has 2 rings (SSSR count). The molecule has 2 atom stereocenters. The van der Waals surface area contributed by atoms with E-state index in [0.717, 1.165) is 4.90 Å². The Kier molecular flexibility index (Phi) is 5.12. The Bertz CT molecular complexity index is 602. The Hall–Kier alpha value is -2.68. The van der Waals surface area contributed by atoms with Crippen LogP contribution in [-0.4, -0.2) is 52.8 Å². The van der Waals surface area contributed by atoms with Crippen molar-refractivity contribution < 1.29 is 29.1 Å². The molecule has 0 radical (unpaired) electrons. The topological polar surface area (TPSA) is 119 Å². The van der Waals surface area contributed by atoms with Gasteiger partial charge in [-0.05, 0) is 17.7 Å². The number of esters is 1. The number of ether oxygens (including phenoxy) is 2. The molecule has 0 aliphatic carbocycles. The maximum atomic E-state index is 12.0. The van der Waals surface area contributed by atoms with E-state index in [1.165, 1.54) is 31.4 Å². The Morgan fingerprint density at radius 2 is 2.04 bits per heavy atom. The highest BCUT2D eigenvalue weighted by atomic mass is 16.6. The molecular formula is C14H16N2O7. The van der Waals surface area contributed by atoms with E-state index in [9.17, 15) is 24.8 Å². The minimum absolute atomic E-state index is 0.0150. The van der Waals surface area contributed by atoms with E-state index in [2.05, 4.69) is 4.74 Å². The van der Waals surface area contributed by atoms with Gasteiger partial charge in [0, 0.05) is 18.6 Å². The van der Waals surface area contributed by atoms with Crippen molar-refractivity contribution in [1.29, 1.82) is 0 Å². The van der Waals surface area contributed by atoms with Gasteiger partial charge in [0.1, 0.15) is 12.6 Å². The van der Waals surface area contributed by atoms with Crippen LogP contribution in [-0.2, 0) is 20.9 Å². The number of amides is 1. The van der Waals surface area contributed by atoms with Crippen LogP contribution in [0.4, 0.5) is 10.5 Å². The van der Waals surface area contributed by atoms with E-state index in [-0.39, 0.29) is 25.3 Å². The van der Waals surface area contributed by atoms with Gasteiger partial charge in [-0.1, -0.05) is 0 Å². The average molecular weight is 324 g/mol. The second-order valence-electron chi connectivity index (χ2n) is 5.06. The number of aliphatic hydroxyl groups is 1. The Labute approximate surface area is 131 Å². The van der Waals surface area contributed by atoms with Crippen LogP contribution >= 0.6 is 0 Å². The minimum atomic E-state index is -0.876. The first-order valence-corrected chi connectivity index (χ1v) is 6.85. The smallest absolute Gasteiger partial charge is 0.410 e. The van der Waals surface area contributed by atoms with Crippen LogP contribution in [0.25, 0.3) is 0 Å². The third kappa shape index (κ3) is 3.95. The number of aliphatic hydroxyl groups excluding tert-OH is 1. The Morgan fingerprint density at radius 1 is 1.39 bits per heavy atom. The normalized spacial score (nSPS) is 20.2. The van der Waals surface area contributed by atoms with Crippen molar-refractivity contribution in [1.82, 2.24) is 4.90 Å². The minimum Gasteiger partial charge on any atom is -0.467 e. The molecule has 1 saturated heterocycles. The summed E-state index contributed by atoms with van der Waals surface area (Å²) in [5, 5.41) is 20.2. The molecule has 124 valence electrons. The highest BCUT2D eigenvalue weighted by molar-refractivity contribution is 5.82. The van der Waals surface area contributed by atoms with Crippen molar-refractivity contribution in [2.45, 2.75) is 25.2 Å². The summed E-state index contributed by atoms with van der Waals surface area (Å²) < 4.78 is 9.68. The summed E-state index contributed by atoms with van der Waals surface area (Å²) >= 11 is 0. The molecule has 1 aliphatic heterocycles. The van der Waals surface area contributed by atoms with Gasteiger partial charge in [0.15, 0.2) is 0 Å². The fraction of sp³-hybridized carbons (Fsp3) is 0.429. The van der Waals surface area contributed by atoms with Gasteiger partial charge in [0.05, 0.1) is 24.7 Å². The number of nitrogens with zero attached hydrogens (tertiary/aromatic N) is 2. The molecule has 1 N–H and O–H groups in total. The molecule has 1 amide bonds. The molecule has 1 unspecified atom stereocenters. The van der Waals surface area contributed by atoms with Crippen molar-refractivity contribution in [3.8, 4) is 0 Å². The van der Waals surface area contributed by atoms with Crippen molar-refractivity contribution in [2.24, 2.45) is 0 Å². The van der Waals surface area contributed by atoms with E-state index < -0.39 is 29.1 Å². The van der Waals surface area contributed by atoms with Gasteiger partial charge < -0.3 is 14.6 Å². The largest absolute Gasteiger partial charge is 0.467 e. The number of nitro benzene ring substituents is 1. The number of β-amino-alcohol motifs (C(OH)–C–C–N with tert-alkyl or cyclic N) is 1. The predicted octanol–water partition coefficient (Wildman–Crippen LogP) is 0.840. The number of methoxy groups -OCH3 is 1. The second-order valence-corrected chi connectivity index (χ2v) is 5.06. The summed E-state index contributed by atoms with van der Waals surface area (Å²) in [6, 6.07) is 4.68. The monoisotopic (exact) mass is 324 g/mol. The molecule has 0 bridgehead atoms. The van der Waals surface area contributed by atoms with Crippen LogP contribution in [0.5, 0.6) is 0 Å². The lowest BCUT2D eigenvalue weighted by molar-refractivity contribution is -0.384. The number of nitro groups is 1. The van der Waals surface area contributed by atoms with Crippen LogP contribution < -0.4 is 0 Å². The quantitative estimate of drug-likeness (QED) is 0.495. The van der Waals surface area contributed by atoms with Gasteiger partial charge in [-0.15, -0.1) is 0 Å². The van der Waals surface area contributed by atoms with Crippen LogP contribution in [0.2, 0.25) is 0 Å². The van der Waals surface area contributed by atoms with E-state index in [0.29, 0.717) is 5.56 Å². The molecule has 1 aliphatic rings. The lowest BCUT2D eigenvalue weighted by atomic mass is 10.2. The first kappa shape index (κ1) is 16.7. The zero-order valence-corrected chi connectivity index (χ0v) is 12.4. The summed E-state index contributed by atoms with van der Waals surface area (Å²) in [6.07, 6.45) is -1.47. The number of benzene rings is 1. The molecule has 23 heavy (non-hydrogen) atoms. The van der Waals surface area contributed by atoms with Crippen LogP contribution in [0.15, 0.2) is 24.3 Å². The summed E-state index contributed by atoms with van der Waals surface area (Å²) in [6.45, 7) is -0.115. The first-order chi connectivity index (χ1) is 10.9. The van der Waals surface area contributed by atoms with Gasteiger partial charge in [-0.3, -0.25) is 15.0 Å². The van der Waals surface area contributed by atoms with Gasteiger partial charge in [0.2, 0.25) is 0 Å². The summed E-state index contributed by atoms with van der Waals surface area (Å²) in [7, 11) is 1.20. The fourth-order valence-corrected chi connectivity index (χ4v) is 2.32. The van der Waals surface area contributed by atoms with Gasteiger partial charge in [-0.25, -0.2) is 9.59 Å². The maximum Gasteiger partial charge on any atom is 0.410 e. The highest BCUT2D eigenvalue weighted by Gasteiger charge is 2.40. The van der Waals surface area contributed by atoms with E-state index in [4.69, 9.17) is 4.74 Å². The highest BCUT2D eigenvalue weighted by Crippen LogP contribution is 2.21. The number of hydrogen-bond donors (Lipinski definition) is 1. The molecule has 9 heteroatoms. The third-order valence-corrected chi connectivity index (χ3v) is 3.50. The van der Waals surface area contributed by atoms with Crippen molar-refractivity contribution >= 4 is 17.7 Å². The molecule has 9 nitrogen and oxygen atoms in total. The lowest BCUT2D eigenvalue weighted by Crippen LogP contribution is -2.41. The van der Waals surface area contributed by atoms with E-state index >= 15 is 0 Å². The summed E-state index contributed by atoms with van der Waals surface area (Å²) in [5.41, 5.74) is 0.506. The molecule has 1 aromatic carbocycles. The first-order valence-electron chi connectivity index (χ1n) is 6.85. The molecule has 1 heterocycles. The van der Waals surface area contributed by atoms with Crippen molar-refractivity contribution in [3.05, 3.63) is 39.9 Å². The zero-order chi connectivity index (χ0) is 17.0. The Morgan fingerprint density at radius 3 is 2.61 bits per heavy atom. The fourth-order valence-electron chi connectivity index (χ4n) is 2.32. The van der Waals surface area contributed by atoms with Gasteiger partial charge >= 0.3 is 12.1 Å². The number of carbonyl (C=O) groups excluding carboxylic acids is 2. The number of hydrogen-bond acceptors (Lipinski definition) is 7. The third-order valence-electron chi connectivity index (χ3n) is 3.50. The van der Waals surface area contributed by atoms with Crippen molar-refractivity contribution in [2.75, 3.05) is 13.7 Å². The number of carbonyl (C=O) groups is 2. The van der Waals surface area contributed by atoms with E-state index in [1.54, 1.807) is 0 Å². The summed E-state index contributed by atoms with van der Waals surface area (Å²) in [5.74, 6) is -0.617. The second kappa shape index (κ2) is 7.05.